The van der Waals surface area contributed by atoms with E-state index < -0.39 is 0 Å². The summed E-state index contributed by atoms with van der Waals surface area (Å²) in [6, 6.07) is 3.49. The van der Waals surface area contributed by atoms with Crippen LogP contribution in [0.15, 0.2) is 16.9 Å². The highest BCUT2D eigenvalue weighted by atomic mass is 16.1. The van der Waals surface area contributed by atoms with Gasteiger partial charge in [-0.25, -0.2) is 9.97 Å². The summed E-state index contributed by atoms with van der Waals surface area (Å²) in [5, 5.41) is 3.06. The van der Waals surface area contributed by atoms with Gasteiger partial charge in [0.05, 0.1) is 0 Å². The second-order valence-electron chi connectivity index (χ2n) is 5.00. The van der Waals surface area contributed by atoms with Crippen LogP contribution in [-0.2, 0) is 6.42 Å². The lowest BCUT2D eigenvalue weighted by Crippen LogP contribution is -2.17. The van der Waals surface area contributed by atoms with Crippen molar-refractivity contribution in [2.75, 3.05) is 0 Å². The normalized spacial score (nSPS) is 11.2. The highest BCUT2D eigenvalue weighted by molar-refractivity contribution is 5.18. The quantitative estimate of drug-likeness (QED) is 0.897. The van der Waals surface area contributed by atoms with Crippen molar-refractivity contribution in [3.05, 3.63) is 39.6 Å². The van der Waals surface area contributed by atoms with Crippen molar-refractivity contribution >= 4 is 0 Å². The Balaban J connectivity index is 2.44. The molecule has 0 aliphatic heterocycles. The molecule has 0 amide bonds. The maximum Gasteiger partial charge on any atom is 0.274 e. The number of aromatic nitrogens is 4. The first kappa shape index (κ1) is 12.5. The second-order valence-corrected chi connectivity index (χ2v) is 5.00. The van der Waals surface area contributed by atoms with Crippen molar-refractivity contribution in [2.24, 2.45) is 5.92 Å². The summed E-state index contributed by atoms with van der Waals surface area (Å²) < 4.78 is 1.40. The SMILES string of the molecule is Cc1cc(C)nc(-n2[nH]c(CC(C)C)cc2=O)n1. The molecule has 2 rings (SSSR count). The summed E-state index contributed by atoms with van der Waals surface area (Å²) in [4.78, 5) is 20.5. The Morgan fingerprint density at radius 1 is 1.22 bits per heavy atom. The molecule has 0 saturated carbocycles. The molecule has 0 aliphatic rings. The van der Waals surface area contributed by atoms with Gasteiger partial charge in [-0.3, -0.25) is 9.89 Å². The Labute approximate surface area is 106 Å². The predicted molar refractivity (Wildman–Crippen MR) is 70.0 cm³/mol. The van der Waals surface area contributed by atoms with Crippen molar-refractivity contribution in [1.29, 1.82) is 0 Å². The molecule has 5 heteroatoms. The van der Waals surface area contributed by atoms with E-state index >= 15 is 0 Å². The summed E-state index contributed by atoms with van der Waals surface area (Å²) in [6.07, 6.45) is 0.840. The fourth-order valence-electron chi connectivity index (χ4n) is 1.94. The number of aryl methyl sites for hydroxylation is 2. The van der Waals surface area contributed by atoms with Crippen LogP contribution in [0.4, 0.5) is 0 Å². The van der Waals surface area contributed by atoms with Gasteiger partial charge in [-0.1, -0.05) is 13.8 Å². The summed E-state index contributed by atoms with van der Waals surface area (Å²) in [5.41, 5.74) is 2.50. The van der Waals surface area contributed by atoms with Gasteiger partial charge in [0.15, 0.2) is 0 Å². The Hall–Kier alpha value is -1.91. The molecule has 0 unspecified atom stereocenters. The molecule has 0 spiro atoms. The molecule has 0 aromatic carbocycles. The number of nitrogens with zero attached hydrogens (tertiary/aromatic N) is 3. The zero-order valence-corrected chi connectivity index (χ0v) is 11.2. The molecule has 96 valence electrons. The van der Waals surface area contributed by atoms with Crippen LogP contribution < -0.4 is 5.56 Å². The van der Waals surface area contributed by atoms with Gasteiger partial charge in [0.2, 0.25) is 0 Å². The van der Waals surface area contributed by atoms with E-state index in [2.05, 4.69) is 28.9 Å². The first-order chi connectivity index (χ1) is 8.45. The number of H-pyrrole nitrogens is 1. The molecule has 2 aromatic heterocycles. The van der Waals surface area contributed by atoms with Gasteiger partial charge in [-0.15, -0.1) is 0 Å². The molecule has 2 aromatic rings. The van der Waals surface area contributed by atoms with Crippen molar-refractivity contribution in [3.63, 3.8) is 0 Å². The highest BCUT2D eigenvalue weighted by Gasteiger charge is 2.09. The van der Waals surface area contributed by atoms with Crippen molar-refractivity contribution < 1.29 is 0 Å². The van der Waals surface area contributed by atoms with Crippen LogP contribution in [0.5, 0.6) is 0 Å². The fraction of sp³-hybridized carbons (Fsp3) is 0.462. The zero-order valence-electron chi connectivity index (χ0n) is 11.2. The molecule has 0 radical (unpaired) electrons. The summed E-state index contributed by atoms with van der Waals surface area (Å²) >= 11 is 0. The highest BCUT2D eigenvalue weighted by Crippen LogP contribution is 2.06. The number of hydrogen-bond acceptors (Lipinski definition) is 3. The van der Waals surface area contributed by atoms with Gasteiger partial charge >= 0.3 is 0 Å². The van der Waals surface area contributed by atoms with Gasteiger partial charge in [-0.2, -0.15) is 4.68 Å². The van der Waals surface area contributed by atoms with Crippen LogP contribution in [0, 0.1) is 19.8 Å². The van der Waals surface area contributed by atoms with E-state index in [0.29, 0.717) is 11.9 Å². The van der Waals surface area contributed by atoms with Gasteiger partial charge in [0, 0.05) is 23.1 Å². The zero-order chi connectivity index (χ0) is 13.3. The Kier molecular flexibility index (Phi) is 3.32. The molecule has 18 heavy (non-hydrogen) atoms. The second kappa shape index (κ2) is 4.76. The molecular weight excluding hydrogens is 228 g/mol. The number of hydrogen-bond donors (Lipinski definition) is 1. The number of aromatic amines is 1. The minimum atomic E-state index is -0.115. The van der Waals surface area contributed by atoms with Crippen molar-refractivity contribution in [1.82, 2.24) is 19.7 Å². The first-order valence-electron chi connectivity index (χ1n) is 6.09. The molecule has 0 bridgehead atoms. The molecule has 1 N–H and O–H groups in total. The first-order valence-corrected chi connectivity index (χ1v) is 6.09. The summed E-state index contributed by atoms with van der Waals surface area (Å²) in [5.74, 6) is 0.907. The van der Waals surface area contributed by atoms with Crippen molar-refractivity contribution in [3.8, 4) is 5.95 Å². The van der Waals surface area contributed by atoms with Crippen LogP contribution in [0.2, 0.25) is 0 Å². The van der Waals surface area contributed by atoms with Gasteiger partial charge in [0.1, 0.15) is 0 Å². The van der Waals surface area contributed by atoms with Gasteiger partial charge in [-0.05, 0) is 32.3 Å². The molecule has 5 nitrogen and oxygen atoms in total. The van der Waals surface area contributed by atoms with Gasteiger partial charge < -0.3 is 0 Å². The third-order valence-electron chi connectivity index (χ3n) is 2.57. The van der Waals surface area contributed by atoms with Crippen LogP contribution in [0.25, 0.3) is 5.95 Å². The maximum absolute atomic E-state index is 11.9. The van der Waals surface area contributed by atoms with E-state index in [9.17, 15) is 4.79 Å². The van der Waals surface area contributed by atoms with Crippen LogP contribution in [0.1, 0.15) is 30.9 Å². The lowest BCUT2D eigenvalue weighted by molar-refractivity contribution is 0.624. The summed E-state index contributed by atoms with van der Waals surface area (Å²) in [7, 11) is 0. The summed E-state index contributed by atoms with van der Waals surface area (Å²) in [6.45, 7) is 8.01. The van der Waals surface area contributed by atoms with E-state index in [0.717, 1.165) is 23.5 Å². The van der Waals surface area contributed by atoms with Gasteiger partial charge in [0.25, 0.3) is 11.5 Å². The number of nitrogens with one attached hydrogen (secondary N) is 1. The average molecular weight is 246 g/mol. The third kappa shape index (κ3) is 2.67. The lowest BCUT2D eigenvalue weighted by atomic mass is 10.1. The average Bonchev–Trinajstić information content (AvgIpc) is 2.56. The van der Waals surface area contributed by atoms with Crippen LogP contribution >= 0.6 is 0 Å². The topological polar surface area (TPSA) is 63.6 Å². The molecular formula is C13H18N4O. The van der Waals surface area contributed by atoms with Crippen LogP contribution in [-0.4, -0.2) is 19.7 Å². The molecule has 0 atom stereocenters. The Morgan fingerprint density at radius 2 is 1.83 bits per heavy atom. The monoisotopic (exact) mass is 246 g/mol. The molecule has 0 aliphatic carbocycles. The standard InChI is InChI=1S/C13H18N4O/c1-8(2)5-11-7-12(18)17(16-11)13-14-9(3)6-10(4)15-13/h6-8,16H,5H2,1-4H3. The van der Waals surface area contributed by atoms with E-state index in [-0.39, 0.29) is 5.56 Å². The predicted octanol–water partition coefficient (Wildman–Crippen LogP) is 1.77. The molecule has 0 fully saturated rings. The number of rotatable bonds is 3. The minimum absolute atomic E-state index is 0.115. The largest absolute Gasteiger partial charge is 0.292 e. The third-order valence-corrected chi connectivity index (χ3v) is 2.57. The minimum Gasteiger partial charge on any atom is -0.292 e. The van der Waals surface area contributed by atoms with E-state index in [1.807, 2.05) is 19.9 Å². The molecule has 2 heterocycles. The smallest absolute Gasteiger partial charge is 0.274 e. The Bertz CT molecular complexity index is 589. The maximum atomic E-state index is 11.9. The van der Waals surface area contributed by atoms with E-state index in [1.54, 1.807) is 6.07 Å². The van der Waals surface area contributed by atoms with Crippen LogP contribution in [0.3, 0.4) is 0 Å². The fourth-order valence-corrected chi connectivity index (χ4v) is 1.94. The van der Waals surface area contributed by atoms with E-state index in [1.165, 1.54) is 4.68 Å². The van der Waals surface area contributed by atoms with E-state index in [4.69, 9.17) is 0 Å². The lowest BCUT2D eigenvalue weighted by Gasteiger charge is -2.04. The van der Waals surface area contributed by atoms with Crippen molar-refractivity contribution in [2.45, 2.75) is 34.1 Å². The Morgan fingerprint density at radius 3 is 2.39 bits per heavy atom. The molecule has 0 saturated heterocycles.